The Hall–Kier alpha value is -3.90. The Morgan fingerprint density at radius 2 is 1.79 bits per heavy atom. The minimum atomic E-state index is -0.917. The van der Waals surface area contributed by atoms with E-state index in [4.69, 9.17) is 9.47 Å². The van der Waals surface area contributed by atoms with Gasteiger partial charge < -0.3 is 24.6 Å². The van der Waals surface area contributed by atoms with Crippen molar-refractivity contribution in [2.45, 2.75) is 6.42 Å². The largest absolute Gasteiger partial charge is 0.490 e. The van der Waals surface area contributed by atoms with Gasteiger partial charge in [0.2, 0.25) is 5.95 Å². The summed E-state index contributed by atoms with van der Waals surface area (Å²) < 4.78 is 52.0. The van der Waals surface area contributed by atoms with Crippen LogP contribution in [0.1, 0.15) is 6.42 Å². The first-order valence-corrected chi connectivity index (χ1v) is 12.1. The lowest BCUT2D eigenvalue weighted by Crippen LogP contribution is -2.44. The first-order chi connectivity index (χ1) is 18.3. The summed E-state index contributed by atoms with van der Waals surface area (Å²) in [6.45, 7) is 5.47. The number of benzene rings is 2. The third-order valence-corrected chi connectivity index (χ3v) is 5.96. The topological polar surface area (TPSA) is 83.1 Å². The molecule has 1 amide bonds. The lowest BCUT2D eigenvalue weighted by Gasteiger charge is -2.32. The SMILES string of the molecule is CN1CCN(CCCOc2ccc(Nc3nccc(N(C)C(=O)Oc4cc(F)cc(F)c4)n3)cc2F)CC1. The molecule has 1 aliphatic rings. The van der Waals surface area contributed by atoms with Crippen LogP contribution in [-0.4, -0.2) is 79.3 Å². The Morgan fingerprint density at radius 1 is 1.05 bits per heavy atom. The second-order valence-corrected chi connectivity index (χ2v) is 8.89. The van der Waals surface area contributed by atoms with Gasteiger partial charge in [0.25, 0.3) is 0 Å². The van der Waals surface area contributed by atoms with E-state index in [-0.39, 0.29) is 23.3 Å². The zero-order valence-electron chi connectivity index (χ0n) is 21.2. The predicted octanol–water partition coefficient (Wildman–Crippen LogP) is 4.29. The molecule has 0 spiro atoms. The number of likely N-dealkylation sites (N-methyl/N-ethyl adjacent to an activating group) is 1. The van der Waals surface area contributed by atoms with Gasteiger partial charge in [-0.25, -0.2) is 22.9 Å². The van der Waals surface area contributed by atoms with E-state index in [1.165, 1.54) is 31.4 Å². The number of carbonyl (C=O) groups excluding carboxylic acids is 1. The van der Waals surface area contributed by atoms with Crippen LogP contribution in [0, 0.1) is 17.5 Å². The van der Waals surface area contributed by atoms with E-state index in [2.05, 4.69) is 32.1 Å². The van der Waals surface area contributed by atoms with Crippen LogP contribution in [0.3, 0.4) is 0 Å². The third-order valence-electron chi connectivity index (χ3n) is 5.96. The van der Waals surface area contributed by atoms with Crippen LogP contribution in [0.25, 0.3) is 0 Å². The van der Waals surface area contributed by atoms with Crippen LogP contribution in [-0.2, 0) is 0 Å². The van der Waals surface area contributed by atoms with Crippen LogP contribution in [0.2, 0.25) is 0 Å². The number of anilines is 3. The second-order valence-electron chi connectivity index (χ2n) is 8.89. The van der Waals surface area contributed by atoms with E-state index in [0.717, 1.165) is 56.2 Å². The van der Waals surface area contributed by atoms with Crippen molar-refractivity contribution >= 4 is 23.5 Å². The van der Waals surface area contributed by atoms with Crippen molar-refractivity contribution in [2.24, 2.45) is 0 Å². The number of nitrogens with one attached hydrogen (secondary N) is 1. The Bertz CT molecular complexity index is 1240. The summed E-state index contributed by atoms with van der Waals surface area (Å²) in [5.74, 6) is -2.18. The lowest BCUT2D eigenvalue weighted by atomic mass is 10.3. The summed E-state index contributed by atoms with van der Waals surface area (Å²) in [5.41, 5.74) is 0.380. The monoisotopic (exact) mass is 530 g/mol. The fourth-order valence-corrected chi connectivity index (χ4v) is 3.81. The maximum absolute atomic E-state index is 14.6. The molecule has 12 heteroatoms. The molecule has 0 bridgehead atoms. The van der Waals surface area contributed by atoms with Gasteiger partial charge in [0.1, 0.15) is 23.2 Å². The van der Waals surface area contributed by atoms with Crippen LogP contribution >= 0.6 is 0 Å². The molecule has 202 valence electrons. The molecule has 1 saturated heterocycles. The van der Waals surface area contributed by atoms with E-state index in [1.54, 1.807) is 6.07 Å². The molecule has 3 aromatic rings. The number of amides is 1. The predicted molar refractivity (Wildman–Crippen MR) is 137 cm³/mol. The number of hydrogen-bond donors (Lipinski definition) is 1. The molecule has 9 nitrogen and oxygen atoms in total. The highest BCUT2D eigenvalue weighted by atomic mass is 19.1. The maximum atomic E-state index is 14.6. The lowest BCUT2D eigenvalue weighted by molar-refractivity contribution is 0.145. The van der Waals surface area contributed by atoms with Crippen molar-refractivity contribution < 1.29 is 27.4 Å². The van der Waals surface area contributed by atoms with Gasteiger partial charge in [-0.05, 0) is 31.7 Å². The third kappa shape index (κ3) is 7.56. The van der Waals surface area contributed by atoms with Crippen LogP contribution in [0.5, 0.6) is 11.5 Å². The van der Waals surface area contributed by atoms with Gasteiger partial charge in [-0.2, -0.15) is 4.98 Å². The normalized spacial score (nSPS) is 14.2. The molecule has 38 heavy (non-hydrogen) atoms. The molecule has 2 heterocycles. The number of hydrogen-bond acceptors (Lipinski definition) is 8. The molecule has 1 N–H and O–H groups in total. The fourth-order valence-electron chi connectivity index (χ4n) is 3.81. The second kappa shape index (κ2) is 12.6. The van der Waals surface area contributed by atoms with Crippen LogP contribution in [0.4, 0.5) is 35.4 Å². The molecule has 1 fully saturated rings. The van der Waals surface area contributed by atoms with Crippen molar-refractivity contribution in [1.29, 1.82) is 0 Å². The number of aromatic nitrogens is 2. The molecule has 0 saturated carbocycles. The maximum Gasteiger partial charge on any atom is 0.420 e. The molecular weight excluding hydrogens is 501 g/mol. The Balaban J connectivity index is 1.30. The Labute approximate surface area is 218 Å². The van der Waals surface area contributed by atoms with Crippen LogP contribution < -0.4 is 19.7 Å². The minimum Gasteiger partial charge on any atom is -0.490 e. The summed E-state index contributed by atoms with van der Waals surface area (Å²) in [6.07, 6.45) is 1.28. The zero-order chi connectivity index (χ0) is 27.1. The minimum absolute atomic E-state index is 0.0965. The van der Waals surface area contributed by atoms with Gasteiger partial charge in [-0.1, -0.05) is 0 Å². The number of ether oxygens (including phenoxy) is 2. The van der Waals surface area contributed by atoms with E-state index in [0.29, 0.717) is 18.4 Å². The summed E-state index contributed by atoms with van der Waals surface area (Å²) in [7, 11) is 3.49. The molecule has 1 aliphatic heterocycles. The Kier molecular flexibility index (Phi) is 8.98. The number of rotatable bonds is 9. The number of halogens is 3. The average molecular weight is 531 g/mol. The molecule has 0 radical (unpaired) electrons. The molecular formula is C26H29F3N6O3. The number of piperazine rings is 1. The summed E-state index contributed by atoms with van der Waals surface area (Å²) in [6, 6.07) is 8.31. The van der Waals surface area contributed by atoms with Crippen molar-refractivity contribution in [3.05, 3.63) is 66.1 Å². The van der Waals surface area contributed by atoms with Gasteiger partial charge in [-0.15, -0.1) is 0 Å². The average Bonchev–Trinajstić information content (AvgIpc) is 2.88. The smallest absolute Gasteiger partial charge is 0.420 e. The Morgan fingerprint density at radius 3 is 2.50 bits per heavy atom. The first-order valence-electron chi connectivity index (χ1n) is 12.1. The fraction of sp³-hybridized carbons (Fsp3) is 0.346. The van der Waals surface area contributed by atoms with E-state index < -0.39 is 23.5 Å². The van der Waals surface area contributed by atoms with Gasteiger partial charge in [0.15, 0.2) is 11.6 Å². The van der Waals surface area contributed by atoms with Gasteiger partial charge in [-0.3, -0.25) is 4.90 Å². The van der Waals surface area contributed by atoms with Gasteiger partial charge in [0.05, 0.1) is 6.61 Å². The standard InChI is InChI=1S/C26H29F3N6O3/c1-33-9-11-35(12-10-33)8-3-13-37-23-5-4-20(17-22(23)29)31-25-30-7-6-24(32-25)34(2)26(36)38-21-15-18(27)14-19(28)16-21/h4-7,14-17H,3,8-13H2,1-2H3,(H,30,31,32). The van der Waals surface area contributed by atoms with Crippen molar-refractivity contribution in [3.8, 4) is 11.5 Å². The van der Waals surface area contributed by atoms with Crippen molar-refractivity contribution in [1.82, 2.24) is 19.8 Å². The molecule has 0 aliphatic carbocycles. The quantitative estimate of drug-likeness (QED) is 0.411. The van der Waals surface area contributed by atoms with Crippen molar-refractivity contribution in [2.75, 3.05) is 63.6 Å². The van der Waals surface area contributed by atoms with Gasteiger partial charge >= 0.3 is 6.09 Å². The molecule has 2 aromatic carbocycles. The van der Waals surface area contributed by atoms with Crippen molar-refractivity contribution in [3.63, 3.8) is 0 Å². The van der Waals surface area contributed by atoms with E-state index in [1.807, 2.05) is 0 Å². The highest BCUT2D eigenvalue weighted by Gasteiger charge is 2.17. The number of carbonyl (C=O) groups is 1. The number of nitrogens with zero attached hydrogens (tertiary/aromatic N) is 5. The highest BCUT2D eigenvalue weighted by Crippen LogP contribution is 2.24. The molecule has 0 atom stereocenters. The summed E-state index contributed by atoms with van der Waals surface area (Å²) in [5, 5.41) is 2.88. The summed E-state index contributed by atoms with van der Waals surface area (Å²) >= 11 is 0. The molecule has 0 unspecified atom stereocenters. The van der Waals surface area contributed by atoms with Gasteiger partial charge in [0, 0.05) is 75.9 Å². The first kappa shape index (κ1) is 27.1. The van der Waals surface area contributed by atoms with E-state index in [9.17, 15) is 18.0 Å². The molecule has 4 rings (SSSR count). The molecule has 1 aromatic heterocycles. The highest BCUT2D eigenvalue weighted by molar-refractivity contribution is 5.87. The van der Waals surface area contributed by atoms with E-state index >= 15 is 0 Å². The van der Waals surface area contributed by atoms with Crippen LogP contribution in [0.15, 0.2) is 48.7 Å². The zero-order valence-corrected chi connectivity index (χ0v) is 21.2. The summed E-state index contributed by atoms with van der Waals surface area (Å²) in [4.78, 5) is 26.4.